The van der Waals surface area contributed by atoms with Gasteiger partial charge in [-0.15, -0.1) is 0 Å². The van der Waals surface area contributed by atoms with Crippen molar-refractivity contribution in [1.29, 1.82) is 0 Å². The van der Waals surface area contributed by atoms with E-state index in [4.69, 9.17) is 5.73 Å². The Morgan fingerprint density at radius 3 is 2.75 bits per heavy atom. The second kappa shape index (κ2) is 6.20. The Morgan fingerprint density at radius 2 is 2.12 bits per heavy atom. The molecule has 1 atom stereocenters. The smallest absolute Gasteiger partial charge is 0.323 e. The third-order valence-electron chi connectivity index (χ3n) is 3.71. The van der Waals surface area contributed by atoms with Crippen LogP contribution in [0.15, 0.2) is 35.6 Å². The monoisotopic (exact) mass is 328 g/mol. The first-order valence-corrected chi connectivity index (χ1v) is 7.19. The molecule has 0 unspecified atom stereocenters. The van der Waals surface area contributed by atoms with E-state index in [1.54, 1.807) is 30.1 Å². The van der Waals surface area contributed by atoms with Crippen molar-refractivity contribution in [2.24, 2.45) is 12.8 Å². The Bertz CT molecular complexity index is 944. The zero-order chi connectivity index (χ0) is 17.3. The molecule has 0 spiro atoms. The highest BCUT2D eigenvalue weighted by Crippen LogP contribution is 2.11. The van der Waals surface area contributed by atoms with Crippen LogP contribution >= 0.6 is 0 Å². The number of carbonyl (C=O) groups excluding carboxylic acids is 1. The molecule has 0 aromatic carbocycles. The van der Waals surface area contributed by atoms with E-state index in [1.807, 2.05) is 0 Å². The summed E-state index contributed by atoms with van der Waals surface area (Å²) in [4.78, 5) is 36.1. The van der Waals surface area contributed by atoms with Crippen molar-refractivity contribution in [2.45, 2.75) is 12.5 Å². The van der Waals surface area contributed by atoms with Crippen LogP contribution in [0.1, 0.15) is 5.69 Å². The van der Waals surface area contributed by atoms with E-state index in [2.05, 4.69) is 19.7 Å². The van der Waals surface area contributed by atoms with E-state index in [0.29, 0.717) is 22.4 Å². The minimum atomic E-state index is -0.774. The van der Waals surface area contributed by atoms with Gasteiger partial charge in [0, 0.05) is 25.4 Å². The fourth-order valence-electron chi connectivity index (χ4n) is 2.49. The fourth-order valence-corrected chi connectivity index (χ4v) is 2.49. The van der Waals surface area contributed by atoms with Crippen molar-refractivity contribution in [1.82, 2.24) is 24.3 Å². The quantitative estimate of drug-likeness (QED) is 0.645. The lowest BCUT2D eigenvalue weighted by Crippen LogP contribution is -2.33. The molecule has 0 aliphatic carbocycles. The third kappa shape index (κ3) is 2.65. The molecule has 0 saturated heterocycles. The van der Waals surface area contributed by atoms with Gasteiger partial charge in [-0.2, -0.15) is 0 Å². The van der Waals surface area contributed by atoms with E-state index in [9.17, 15) is 9.59 Å². The number of ether oxygens (including phenoxy) is 1. The Morgan fingerprint density at radius 1 is 1.33 bits per heavy atom. The zero-order valence-corrected chi connectivity index (χ0v) is 13.2. The van der Waals surface area contributed by atoms with Crippen molar-refractivity contribution in [2.75, 3.05) is 7.11 Å². The maximum atomic E-state index is 12.5. The number of hydrogen-bond donors (Lipinski definition) is 1. The highest BCUT2D eigenvalue weighted by atomic mass is 16.5. The molecule has 3 aromatic rings. The van der Waals surface area contributed by atoms with Gasteiger partial charge in [0.15, 0.2) is 5.65 Å². The van der Waals surface area contributed by atoms with Crippen LogP contribution in [0.5, 0.6) is 0 Å². The summed E-state index contributed by atoms with van der Waals surface area (Å²) < 4.78 is 7.68. The molecule has 3 rings (SSSR count). The van der Waals surface area contributed by atoms with E-state index < -0.39 is 12.0 Å². The third-order valence-corrected chi connectivity index (χ3v) is 3.71. The van der Waals surface area contributed by atoms with Gasteiger partial charge in [0.05, 0.1) is 19.0 Å². The number of rotatable bonds is 4. The molecule has 24 heavy (non-hydrogen) atoms. The molecule has 3 aromatic heterocycles. The summed E-state index contributed by atoms with van der Waals surface area (Å²) in [6.45, 7) is 0. The second-order valence-electron chi connectivity index (χ2n) is 5.24. The summed E-state index contributed by atoms with van der Waals surface area (Å²) in [6.07, 6.45) is 4.68. The van der Waals surface area contributed by atoms with Crippen LogP contribution in [0.2, 0.25) is 0 Å². The number of hydrogen-bond acceptors (Lipinski definition) is 7. The van der Waals surface area contributed by atoms with Gasteiger partial charge >= 0.3 is 5.97 Å². The molecule has 9 nitrogen and oxygen atoms in total. The summed E-state index contributed by atoms with van der Waals surface area (Å²) >= 11 is 0. The summed E-state index contributed by atoms with van der Waals surface area (Å²) in [5, 5.41) is 0.428. The Hall–Kier alpha value is -3.07. The van der Waals surface area contributed by atoms with Gasteiger partial charge in [0.25, 0.3) is 5.56 Å². The fraction of sp³-hybridized carbons (Fsp3) is 0.267. The van der Waals surface area contributed by atoms with Gasteiger partial charge in [-0.3, -0.25) is 19.3 Å². The second-order valence-corrected chi connectivity index (χ2v) is 5.24. The summed E-state index contributed by atoms with van der Waals surface area (Å²) in [6, 6.07) is 2.68. The highest BCUT2D eigenvalue weighted by Gasteiger charge is 2.16. The molecule has 0 radical (unpaired) electrons. The molecule has 0 bridgehead atoms. The van der Waals surface area contributed by atoms with Gasteiger partial charge < -0.3 is 10.5 Å². The Balaban J connectivity index is 1.95. The molecule has 0 fully saturated rings. The first-order valence-electron chi connectivity index (χ1n) is 7.19. The van der Waals surface area contributed by atoms with E-state index in [0.717, 1.165) is 0 Å². The van der Waals surface area contributed by atoms with Crippen molar-refractivity contribution >= 4 is 17.0 Å². The van der Waals surface area contributed by atoms with Crippen LogP contribution in [-0.4, -0.2) is 43.4 Å². The van der Waals surface area contributed by atoms with E-state index in [-0.39, 0.29) is 12.0 Å². The Labute approximate surface area is 136 Å². The molecule has 124 valence electrons. The number of pyridine rings is 1. The van der Waals surface area contributed by atoms with E-state index in [1.165, 1.54) is 24.3 Å². The van der Waals surface area contributed by atoms with Crippen molar-refractivity contribution in [3.8, 4) is 5.69 Å². The van der Waals surface area contributed by atoms with Crippen molar-refractivity contribution in [3.63, 3.8) is 0 Å². The van der Waals surface area contributed by atoms with Crippen LogP contribution in [-0.2, 0) is 23.0 Å². The minimum absolute atomic E-state index is 0.228. The minimum Gasteiger partial charge on any atom is -0.468 e. The lowest BCUT2D eigenvalue weighted by Gasteiger charge is -2.10. The summed E-state index contributed by atoms with van der Waals surface area (Å²) in [5.41, 5.74) is 7.23. The zero-order valence-electron chi connectivity index (χ0n) is 13.2. The average molecular weight is 328 g/mol. The number of fused-ring (bicyclic) bond motifs is 1. The molecule has 2 N–H and O–H groups in total. The normalized spacial score (nSPS) is 12.3. The Kier molecular flexibility index (Phi) is 4.09. The first-order chi connectivity index (χ1) is 11.5. The molecule has 0 amide bonds. The number of carbonyl (C=O) groups is 1. The van der Waals surface area contributed by atoms with Crippen LogP contribution in [0.25, 0.3) is 16.7 Å². The largest absolute Gasteiger partial charge is 0.468 e. The first kappa shape index (κ1) is 15.8. The molecule has 0 aliphatic rings. The maximum Gasteiger partial charge on any atom is 0.323 e. The van der Waals surface area contributed by atoms with E-state index >= 15 is 0 Å². The van der Waals surface area contributed by atoms with Gasteiger partial charge in [-0.05, 0) is 12.1 Å². The molecule has 0 aliphatic heterocycles. The number of esters is 1. The molecule has 9 heteroatoms. The number of aromatic nitrogens is 5. The van der Waals surface area contributed by atoms with Crippen LogP contribution in [0.3, 0.4) is 0 Å². The van der Waals surface area contributed by atoms with Crippen molar-refractivity contribution < 1.29 is 9.53 Å². The maximum absolute atomic E-state index is 12.5. The SMILES string of the molecule is COC(=O)[C@@H](N)Cc1ccc(-n2c(=O)c3cncnc3n2C)cn1. The van der Waals surface area contributed by atoms with Crippen LogP contribution < -0.4 is 11.3 Å². The standard InChI is InChI=1S/C15H16N6O3/c1-20-13-11(7-17-8-19-13)14(22)21(20)10-4-3-9(18-6-10)5-12(16)15(23)24-2/h3-4,6-8,12H,5,16H2,1-2H3/t12-/m0/s1. The number of methoxy groups -OCH3 is 1. The lowest BCUT2D eigenvalue weighted by atomic mass is 10.1. The lowest BCUT2D eigenvalue weighted by molar-refractivity contribution is -0.142. The van der Waals surface area contributed by atoms with Gasteiger partial charge in [-0.1, -0.05) is 0 Å². The van der Waals surface area contributed by atoms with Crippen LogP contribution in [0.4, 0.5) is 0 Å². The molecule has 3 heterocycles. The van der Waals surface area contributed by atoms with Gasteiger partial charge in [0.1, 0.15) is 17.8 Å². The predicted molar refractivity (Wildman–Crippen MR) is 85.6 cm³/mol. The summed E-state index contributed by atoms with van der Waals surface area (Å²) in [5.74, 6) is -0.496. The van der Waals surface area contributed by atoms with Crippen LogP contribution in [0, 0.1) is 0 Å². The summed E-state index contributed by atoms with van der Waals surface area (Å²) in [7, 11) is 3.02. The average Bonchev–Trinajstić information content (AvgIpc) is 2.86. The number of aryl methyl sites for hydroxylation is 1. The molecule has 0 saturated carbocycles. The van der Waals surface area contributed by atoms with Gasteiger partial charge in [0.2, 0.25) is 0 Å². The molecular weight excluding hydrogens is 312 g/mol. The highest BCUT2D eigenvalue weighted by molar-refractivity contribution is 5.75. The number of nitrogens with zero attached hydrogens (tertiary/aromatic N) is 5. The topological polar surface area (TPSA) is 118 Å². The predicted octanol–water partition coefficient (Wildman–Crippen LogP) is -0.443. The number of nitrogens with two attached hydrogens (primary N) is 1. The van der Waals surface area contributed by atoms with Gasteiger partial charge in [-0.25, -0.2) is 14.6 Å². The molecular formula is C15H16N6O3. The van der Waals surface area contributed by atoms with Crippen molar-refractivity contribution in [3.05, 3.63) is 46.9 Å².